The maximum Gasteiger partial charge on any atom is 0.335 e. The van der Waals surface area contributed by atoms with Crippen molar-refractivity contribution in [2.75, 3.05) is 13.7 Å². The number of rotatable bonds is 9. The van der Waals surface area contributed by atoms with E-state index in [-0.39, 0.29) is 23.6 Å². The maximum atomic E-state index is 11.9. The lowest BCUT2D eigenvalue weighted by molar-refractivity contribution is -0.124. The predicted molar refractivity (Wildman–Crippen MR) is 110 cm³/mol. The zero-order valence-electron chi connectivity index (χ0n) is 17.2. The molecule has 7 nitrogen and oxygen atoms in total. The fourth-order valence-corrected chi connectivity index (χ4v) is 2.66. The molecule has 0 aliphatic heterocycles. The zero-order valence-corrected chi connectivity index (χ0v) is 17.2. The van der Waals surface area contributed by atoms with E-state index >= 15 is 0 Å². The van der Waals surface area contributed by atoms with Crippen molar-refractivity contribution in [3.8, 4) is 11.5 Å². The van der Waals surface area contributed by atoms with Crippen LogP contribution in [0.1, 0.15) is 42.3 Å². The number of carbonyl (C=O) groups excluding carboxylic acids is 1. The van der Waals surface area contributed by atoms with Crippen molar-refractivity contribution in [2.45, 2.75) is 39.4 Å². The van der Waals surface area contributed by atoms with Gasteiger partial charge in [-0.2, -0.15) is 0 Å². The van der Waals surface area contributed by atoms with Gasteiger partial charge in [0.05, 0.1) is 12.7 Å². The first kappa shape index (κ1) is 22.2. The van der Waals surface area contributed by atoms with Gasteiger partial charge in [0, 0.05) is 18.6 Å². The molecule has 0 saturated heterocycles. The van der Waals surface area contributed by atoms with E-state index in [1.165, 1.54) is 0 Å². The summed E-state index contributed by atoms with van der Waals surface area (Å²) in [6, 6.07) is 12.3. The van der Waals surface area contributed by atoms with Crippen LogP contribution in [-0.2, 0) is 17.9 Å². The monoisotopic (exact) mass is 400 g/mol. The van der Waals surface area contributed by atoms with Crippen molar-refractivity contribution in [2.24, 2.45) is 0 Å². The second kappa shape index (κ2) is 9.93. The van der Waals surface area contributed by atoms with Crippen molar-refractivity contribution in [3.05, 3.63) is 59.2 Å². The third kappa shape index (κ3) is 7.46. The highest BCUT2D eigenvalue weighted by atomic mass is 16.5. The quantitative estimate of drug-likeness (QED) is 0.599. The predicted octanol–water partition coefficient (Wildman–Crippen LogP) is 2.98. The average molecular weight is 400 g/mol. The molecular weight excluding hydrogens is 372 g/mol. The molecule has 0 bridgehead atoms. The first-order valence-electron chi connectivity index (χ1n) is 9.31. The Morgan fingerprint density at radius 1 is 0.966 bits per heavy atom. The summed E-state index contributed by atoms with van der Waals surface area (Å²) in [7, 11) is 1.55. The molecule has 0 heterocycles. The van der Waals surface area contributed by atoms with Gasteiger partial charge in [-0.15, -0.1) is 0 Å². The minimum Gasteiger partial charge on any atom is -0.493 e. The minimum absolute atomic E-state index is 0.0857. The Morgan fingerprint density at radius 3 is 2.17 bits per heavy atom. The van der Waals surface area contributed by atoms with Crippen molar-refractivity contribution >= 4 is 11.9 Å². The van der Waals surface area contributed by atoms with Gasteiger partial charge in [-0.1, -0.05) is 18.2 Å². The van der Waals surface area contributed by atoms with E-state index in [2.05, 4.69) is 10.6 Å². The fourth-order valence-electron chi connectivity index (χ4n) is 2.66. The molecular formula is C22H28N2O5. The largest absolute Gasteiger partial charge is 0.493 e. The number of hydrogen-bond acceptors (Lipinski definition) is 5. The standard InChI is InChI=1S/C22H28N2O5/c1-22(2,3)24-20(25)14-29-18-10-7-16(11-19(18)28-4)13-23-12-15-5-8-17(9-6-15)21(26)27/h5-11,23H,12-14H2,1-4H3,(H,24,25)(H,26,27). The molecule has 7 heteroatoms. The zero-order chi connectivity index (χ0) is 21.4. The van der Waals surface area contributed by atoms with Crippen LogP contribution in [0.2, 0.25) is 0 Å². The summed E-state index contributed by atoms with van der Waals surface area (Å²) in [5.74, 6) is -0.0720. The van der Waals surface area contributed by atoms with Crippen LogP contribution < -0.4 is 20.1 Å². The first-order chi connectivity index (χ1) is 13.7. The second-order valence-electron chi connectivity index (χ2n) is 7.68. The summed E-state index contributed by atoms with van der Waals surface area (Å²) in [5.41, 5.74) is 1.95. The molecule has 3 N–H and O–H groups in total. The number of aromatic carboxylic acids is 1. The van der Waals surface area contributed by atoms with Gasteiger partial charge < -0.3 is 25.2 Å². The van der Waals surface area contributed by atoms with E-state index in [0.717, 1.165) is 11.1 Å². The minimum atomic E-state index is -0.935. The van der Waals surface area contributed by atoms with Gasteiger partial charge in [0.1, 0.15) is 0 Å². The molecule has 0 aliphatic carbocycles. The van der Waals surface area contributed by atoms with E-state index in [0.29, 0.717) is 24.6 Å². The Morgan fingerprint density at radius 2 is 1.59 bits per heavy atom. The third-order valence-electron chi connectivity index (χ3n) is 3.96. The second-order valence-corrected chi connectivity index (χ2v) is 7.68. The number of carbonyl (C=O) groups is 2. The summed E-state index contributed by atoms with van der Waals surface area (Å²) in [5, 5.41) is 15.1. The molecule has 0 aliphatic rings. The highest BCUT2D eigenvalue weighted by Gasteiger charge is 2.15. The Balaban J connectivity index is 1.89. The molecule has 1 amide bonds. The molecule has 2 aromatic carbocycles. The summed E-state index contributed by atoms with van der Waals surface area (Å²) in [4.78, 5) is 22.8. The maximum absolute atomic E-state index is 11.9. The lowest BCUT2D eigenvalue weighted by Gasteiger charge is -2.20. The molecule has 0 spiro atoms. The Kier molecular flexibility index (Phi) is 7.61. The van der Waals surface area contributed by atoms with E-state index < -0.39 is 5.97 Å². The molecule has 29 heavy (non-hydrogen) atoms. The van der Waals surface area contributed by atoms with Crippen molar-refractivity contribution in [1.82, 2.24) is 10.6 Å². The van der Waals surface area contributed by atoms with E-state index in [9.17, 15) is 9.59 Å². The van der Waals surface area contributed by atoms with Gasteiger partial charge in [-0.05, 0) is 56.2 Å². The summed E-state index contributed by atoms with van der Waals surface area (Å²) >= 11 is 0. The normalized spacial score (nSPS) is 11.0. The van der Waals surface area contributed by atoms with E-state index in [1.807, 2.05) is 32.9 Å². The van der Waals surface area contributed by atoms with Crippen LogP contribution in [0.4, 0.5) is 0 Å². The number of hydrogen-bond donors (Lipinski definition) is 3. The van der Waals surface area contributed by atoms with Crippen LogP contribution in [0.3, 0.4) is 0 Å². The van der Waals surface area contributed by atoms with Gasteiger partial charge in [0.25, 0.3) is 5.91 Å². The lowest BCUT2D eigenvalue weighted by Crippen LogP contribution is -2.43. The van der Waals surface area contributed by atoms with Gasteiger partial charge in [-0.3, -0.25) is 4.79 Å². The summed E-state index contributed by atoms with van der Waals surface area (Å²) in [6.07, 6.45) is 0. The molecule has 156 valence electrons. The number of ether oxygens (including phenoxy) is 2. The fraction of sp³-hybridized carbons (Fsp3) is 0.364. The summed E-state index contributed by atoms with van der Waals surface area (Å²) in [6.45, 7) is 6.85. The van der Waals surface area contributed by atoms with Crippen LogP contribution in [0.25, 0.3) is 0 Å². The van der Waals surface area contributed by atoms with Crippen molar-refractivity contribution in [1.29, 1.82) is 0 Å². The molecule has 0 radical (unpaired) electrons. The molecule has 0 saturated carbocycles. The van der Waals surface area contributed by atoms with E-state index in [1.54, 1.807) is 37.4 Å². The van der Waals surface area contributed by atoms with E-state index in [4.69, 9.17) is 14.6 Å². The van der Waals surface area contributed by atoms with Crippen LogP contribution in [-0.4, -0.2) is 36.2 Å². The van der Waals surface area contributed by atoms with Crippen LogP contribution in [0.5, 0.6) is 11.5 Å². The first-order valence-corrected chi connectivity index (χ1v) is 9.31. The van der Waals surface area contributed by atoms with Gasteiger partial charge in [-0.25, -0.2) is 4.79 Å². The van der Waals surface area contributed by atoms with Gasteiger partial charge in [0.15, 0.2) is 18.1 Å². The molecule has 0 aromatic heterocycles. The molecule has 0 unspecified atom stereocenters. The topological polar surface area (TPSA) is 96.9 Å². The van der Waals surface area contributed by atoms with Gasteiger partial charge in [0.2, 0.25) is 0 Å². The lowest BCUT2D eigenvalue weighted by atomic mass is 10.1. The van der Waals surface area contributed by atoms with Crippen LogP contribution >= 0.6 is 0 Å². The molecule has 0 atom stereocenters. The number of methoxy groups -OCH3 is 1. The number of amides is 1. The van der Waals surface area contributed by atoms with Crippen LogP contribution in [0.15, 0.2) is 42.5 Å². The number of carboxylic acids is 1. The third-order valence-corrected chi connectivity index (χ3v) is 3.96. The SMILES string of the molecule is COc1cc(CNCc2ccc(C(=O)O)cc2)ccc1OCC(=O)NC(C)(C)C. The highest BCUT2D eigenvalue weighted by Crippen LogP contribution is 2.28. The van der Waals surface area contributed by atoms with Crippen molar-refractivity contribution in [3.63, 3.8) is 0 Å². The number of carboxylic acid groups (broad SMARTS) is 1. The Hall–Kier alpha value is -3.06. The average Bonchev–Trinajstić information content (AvgIpc) is 2.65. The number of nitrogens with one attached hydrogen (secondary N) is 2. The van der Waals surface area contributed by atoms with Gasteiger partial charge >= 0.3 is 5.97 Å². The molecule has 2 aromatic rings. The van der Waals surface area contributed by atoms with Crippen molar-refractivity contribution < 1.29 is 24.2 Å². The number of benzene rings is 2. The highest BCUT2D eigenvalue weighted by molar-refractivity contribution is 5.87. The summed E-state index contributed by atoms with van der Waals surface area (Å²) < 4.78 is 11.0. The van der Waals surface area contributed by atoms with Crippen LogP contribution in [0, 0.1) is 0 Å². The Bertz CT molecular complexity index is 841. The molecule has 0 fully saturated rings. The molecule has 2 rings (SSSR count). The Labute approximate surface area is 171 Å². The smallest absolute Gasteiger partial charge is 0.335 e.